The van der Waals surface area contributed by atoms with Crippen molar-refractivity contribution >= 4 is 11.6 Å². The standard InChI is InChI=1S/C14H16N4O3/c1-2-18(14(19)13-10(15)6-16-17-13)7-9-3-4-11-12(5-9)21-8-20-11/h3-6H,2,7-8,15H2,1H3,(H,16,17). The largest absolute Gasteiger partial charge is 0.454 e. The van der Waals surface area contributed by atoms with Gasteiger partial charge in [-0.2, -0.15) is 5.10 Å². The number of nitrogens with two attached hydrogens (primary N) is 1. The number of carbonyl (C=O) groups is 1. The molecule has 3 rings (SSSR count). The van der Waals surface area contributed by atoms with Gasteiger partial charge in [0.2, 0.25) is 6.79 Å². The maximum Gasteiger partial charge on any atom is 0.274 e. The van der Waals surface area contributed by atoms with Gasteiger partial charge < -0.3 is 20.1 Å². The van der Waals surface area contributed by atoms with Gasteiger partial charge in [-0.05, 0) is 24.6 Å². The van der Waals surface area contributed by atoms with Crippen LogP contribution in [0, 0.1) is 0 Å². The van der Waals surface area contributed by atoms with Gasteiger partial charge >= 0.3 is 0 Å². The smallest absolute Gasteiger partial charge is 0.274 e. The minimum atomic E-state index is -0.176. The zero-order valence-electron chi connectivity index (χ0n) is 11.6. The van der Waals surface area contributed by atoms with E-state index < -0.39 is 0 Å². The van der Waals surface area contributed by atoms with Gasteiger partial charge in [0.05, 0.1) is 11.9 Å². The molecule has 0 saturated carbocycles. The Balaban J connectivity index is 1.78. The summed E-state index contributed by atoms with van der Waals surface area (Å²) < 4.78 is 10.6. The second kappa shape index (κ2) is 5.35. The number of anilines is 1. The Labute approximate surface area is 121 Å². The quantitative estimate of drug-likeness (QED) is 0.886. The molecule has 2 aromatic rings. The first kappa shape index (κ1) is 13.3. The number of hydrogen-bond acceptors (Lipinski definition) is 5. The number of hydrogen-bond donors (Lipinski definition) is 2. The van der Waals surface area contributed by atoms with E-state index in [2.05, 4.69) is 10.2 Å². The van der Waals surface area contributed by atoms with E-state index in [4.69, 9.17) is 15.2 Å². The summed E-state index contributed by atoms with van der Waals surface area (Å²) >= 11 is 0. The lowest BCUT2D eigenvalue weighted by molar-refractivity contribution is 0.0747. The van der Waals surface area contributed by atoms with E-state index in [1.807, 2.05) is 25.1 Å². The molecule has 1 aromatic carbocycles. The van der Waals surface area contributed by atoms with E-state index in [1.165, 1.54) is 6.20 Å². The van der Waals surface area contributed by atoms with Crippen LogP contribution in [-0.4, -0.2) is 34.3 Å². The average Bonchev–Trinajstić information content (AvgIpc) is 3.12. The lowest BCUT2D eigenvalue weighted by Gasteiger charge is -2.20. The minimum Gasteiger partial charge on any atom is -0.454 e. The van der Waals surface area contributed by atoms with Crippen molar-refractivity contribution in [3.8, 4) is 11.5 Å². The number of rotatable bonds is 4. The van der Waals surface area contributed by atoms with Crippen LogP contribution in [0.2, 0.25) is 0 Å². The van der Waals surface area contributed by atoms with Gasteiger partial charge in [-0.1, -0.05) is 6.07 Å². The molecule has 0 fully saturated rings. The Bertz CT molecular complexity index is 668. The third kappa shape index (κ3) is 2.49. The highest BCUT2D eigenvalue weighted by molar-refractivity contribution is 5.96. The number of H-pyrrole nitrogens is 1. The summed E-state index contributed by atoms with van der Waals surface area (Å²) in [5.41, 5.74) is 7.36. The van der Waals surface area contributed by atoms with Crippen LogP contribution in [0.3, 0.4) is 0 Å². The molecule has 0 aliphatic carbocycles. The van der Waals surface area contributed by atoms with Crippen molar-refractivity contribution in [2.24, 2.45) is 0 Å². The molecule has 1 aliphatic heterocycles. The molecule has 0 atom stereocenters. The van der Waals surface area contributed by atoms with Crippen LogP contribution in [0.25, 0.3) is 0 Å². The van der Waals surface area contributed by atoms with E-state index >= 15 is 0 Å². The fourth-order valence-corrected chi connectivity index (χ4v) is 2.21. The highest BCUT2D eigenvalue weighted by atomic mass is 16.7. The number of fused-ring (bicyclic) bond motifs is 1. The van der Waals surface area contributed by atoms with Crippen molar-refractivity contribution in [1.82, 2.24) is 15.1 Å². The Morgan fingerprint density at radius 3 is 2.95 bits per heavy atom. The number of carbonyl (C=O) groups excluding carboxylic acids is 1. The Kier molecular flexibility index (Phi) is 3.39. The van der Waals surface area contributed by atoms with Crippen LogP contribution in [0.15, 0.2) is 24.4 Å². The third-order valence-electron chi connectivity index (χ3n) is 3.36. The zero-order chi connectivity index (χ0) is 14.8. The summed E-state index contributed by atoms with van der Waals surface area (Å²) in [6, 6.07) is 5.65. The number of benzene rings is 1. The molecule has 3 N–H and O–H groups in total. The van der Waals surface area contributed by atoms with E-state index in [0.29, 0.717) is 30.2 Å². The van der Waals surface area contributed by atoms with Crippen LogP contribution in [0.1, 0.15) is 23.0 Å². The van der Waals surface area contributed by atoms with Gasteiger partial charge in [0, 0.05) is 13.1 Å². The first-order valence-electron chi connectivity index (χ1n) is 6.65. The Hall–Kier alpha value is -2.70. The monoisotopic (exact) mass is 288 g/mol. The molecule has 0 saturated heterocycles. The number of ether oxygens (including phenoxy) is 2. The van der Waals surface area contributed by atoms with Crippen molar-refractivity contribution < 1.29 is 14.3 Å². The molecule has 7 heteroatoms. The maximum atomic E-state index is 12.4. The first-order chi connectivity index (χ1) is 10.2. The molecule has 0 unspecified atom stereocenters. The van der Waals surface area contributed by atoms with Crippen molar-refractivity contribution in [3.63, 3.8) is 0 Å². The van der Waals surface area contributed by atoms with Gasteiger partial charge in [0.1, 0.15) is 5.69 Å². The van der Waals surface area contributed by atoms with Gasteiger partial charge in [-0.25, -0.2) is 0 Å². The number of aromatic amines is 1. The van der Waals surface area contributed by atoms with E-state index in [9.17, 15) is 4.79 Å². The van der Waals surface area contributed by atoms with E-state index in [1.54, 1.807) is 4.90 Å². The fraction of sp³-hybridized carbons (Fsp3) is 0.286. The highest BCUT2D eigenvalue weighted by Crippen LogP contribution is 2.32. The van der Waals surface area contributed by atoms with Gasteiger partial charge in [0.25, 0.3) is 5.91 Å². The maximum absolute atomic E-state index is 12.4. The second-order valence-electron chi connectivity index (χ2n) is 4.71. The molecule has 0 radical (unpaired) electrons. The minimum absolute atomic E-state index is 0.176. The van der Waals surface area contributed by atoms with Gasteiger partial charge in [-0.15, -0.1) is 0 Å². The molecule has 1 aromatic heterocycles. The van der Waals surface area contributed by atoms with Crippen molar-refractivity contribution in [1.29, 1.82) is 0 Å². The second-order valence-corrected chi connectivity index (χ2v) is 4.71. The number of nitrogens with zero attached hydrogens (tertiary/aromatic N) is 2. The SMILES string of the molecule is CCN(Cc1ccc2c(c1)OCO2)C(=O)c1[nH]ncc1N. The highest BCUT2D eigenvalue weighted by Gasteiger charge is 2.20. The molecule has 2 heterocycles. The van der Waals surface area contributed by atoms with Gasteiger partial charge in [-0.3, -0.25) is 9.89 Å². The summed E-state index contributed by atoms with van der Waals surface area (Å²) in [4.78, 5) is 14.1. The number of amides is 1. The molecule has 1 aliphatic rings. The molecular weight excluding hydrogens is 272 g/mol. The van der Waals surface area contributed by atoms with Crippen LogP contribution < -0.4 is 15.2 Å². The van der Waals surface area contributed by atoms with Gasteiger partial charge in [0.15, 0.2) is 11.5 Å². The molecule has 1 amide bonds. The number of nitrogen functional groups attached to an aromatic ring is 1. The molecule has 0 spiro atoms. The summed E-state index contributed by atoms with van der Waals surface area (Å²) in [6.07, 6.45) is 1.43. The Morgan fingerprint density at radius 2 is 2.24 bits per heavy atom. The van der Waals surface area contributed by atoms with Crippen molar-refractivity contribution in [2.75, 3.05) is 19.1 Å². The molecule has 7 nitrogen and oxygen atoms in total. The normalized spacial score (nSPS) is 12.4. The molecule has 0 bridgehead atoms. The van der Waals surface area contributed by atoms with E-state index in [0.717, 1.165) is 11.3 Å². The van der Waals surface area contributed by atoms with Crippen molar-refractivity contribution in [2.45, 2.75) is 13.5 Å². The predicted octanol–water partition coefficient (Wildman–Crippen LogP) is 1.38. The van der Waals surface area contributed by atoms with Crippen LogP contribution in [0.4, 0.5) is 5.69 Å². The topological polar surface area (TPSA) is 93.5 Å². The zero-order valence-corrected chi connectivity index (χ0v) is 11.6. The number of nitrogens with one attached hydrogen (secondary N) is 1. The predicted molar refractivity (Wildman–Crippen MR) is 76.0 cm³/mol. The molecular formula is C14H16N4O3. The molecule has 21 heavy (non-hydrogen) atoms. The van der Waals surface area contributed by atoms with Crippen LogP contribution in [0.5, 0.6) is 11.5 Å². The van der Waals surface area contributed by atoms with E-state index in [-0.39, 0.29) is 12.7 Å². The summed E-state index contributed by atoms with van der Waals surface area (Å²) in [7, 11) is 0. The third-order valence-corrected chi connectivity index (χ3v) is 3.36. The summed E-state index contributed by atoms with van der Waals surface area (Å²) in [5.74, 6) is 1.26. The first-order valence-corrected chi connectivity index (χ1v) is 6.65. The van der Waals surface area contributed by atoms with Crippen LogP contribution in [-0.2, 0) is 6.54 Å². The fourth-order valence-electron chi connectivity index (χ4n) is 2.21. The lowest BCUT2D eigenvalue weighted by atomic mass is 10.2. The Morgan fingerprint density at radius 1 is 1.43 bits per heavy atom. The van der Waals surface area contributed by atoms with Crippen LogP contribution >= 0.6 is 0 Å². The average molecular weight is 288 g/mol. The summed E-state index contributed by atoms with van der Waals surface area (Å²) in [5, 5.41) is 6.42. The lowest BCUT2D eigenvalue weighted by Crippen LogP contribution is -2.31. The summed E-state index contributed by atoms with van der Waals surface area (Å²) in [6.45, 7) is 3.17. The number of aromatic nitrogens is 2. The molecule has 110 valence electrons. The van der Waals surface area contributed by atoms with Crippen molar-refractivity contribution in [3.05, 3.63) is 35.7 Å².